The van der Waals surface area contributed by atoms with Crippen LogP contribution in [0.15, 0.2) is 70.6 Å². The van der Waals surface area contributed by atoms with Gasteiger partial charge in [0.2, 0.25) is 25.4 Å². The Morgan fingerprint density at radius 1 is 1.10 bits per heavy atom. The van der Waals surface area contributed by atoms with Gasteiger partial charge in [-0.15, -0.1) is 0 Å². The maximum atomic E-state index is 13.5. The molecule has 5 rings (SSSR count). The molecule has 12 heteroatoms. The van der Waals surface area contributed by atoms with E-state index in [9.17, 15) is 26.3 Å². The van der Waals surface area contributed by atoms with Crippen LogP contribution in [0.3, 0.4) is 0 Å². The van der Waals surface area contributed by atoms with Crippen LogP contribution in [0.4, 0.5) is 4.39 Å². The molecule has 2 aromatic carbocycles. The minimum atomic E-state index is -4.07. The average molecular weight is 607 g/mol. The van der Waals surface area contributed by atoms with Crippen LogP contribution in [0.1, 0.15) is 39.0 Å². The molecule has 2 aliphatic heterocycles. The molecular formula is C29H35FN2O7S2. The molecule has 2 fully saturated rings. The van der Waals surface area contributed by atoms with Gasteiger partial charge in [0.15, 0.2) is 0 Å². The number of aliphatic hydroxyl groups excluding tert-OH is 1. The number of rotatable bonds is 10. The first kappa shape index (κ1) is 29.8. The Labute approximate surface area is 240 Å². The van der Waals surface area contributed by atoms with E-state index in [2.05, 4.69) is 4.98 Å². The number of fused-ring (bicyclic) bond motifs is 1. The van der Waals surface area contributed by atoms with Crippen LogP contribution in [0.5, 0.6) is 5.75 Å². The van der Waals surface area contributed by atoms with Crippen LogP contribution in [-0.2, 0) is 24.6 Å². The normalized spacial score (nSPS) is 21.2. The van der Waals surface area contributed by atoms with E-state index in [4.69, 9.17) is 9.47 Å². The molecule has 0 amide bonds. The monoisotopic (exact) mass is 606 g/mol. The predicted molar refractivity (Wildman–Crippen MR) is 151 cm³/mol. The third-order valence-corrected chi connectivity index (χ3v) is 11.7. The third-order valence-electron chi connectivity index (χ3n) is 8.04. The number of benzene rings is 2. The number of hydrogen-bond acceptors (Lipinski definition) is 8. The lowest BCUT2D eigenvalue weighted by atomic mass is 9.84. The van der Waals surface area contributed by atoms with Crippen molar-refractivity contribution in [3.63, 3.8) is 0 Å². The summed E-state index contributed by atoms with van der Waals surface area (Å²) in [6, 6.07) is 14.2. The van der Waals surface area contributed by atoms with E-state index in [1.165, 1.54) is 22.5 Å². The fraction of sp³-hybridized carbons (Fsp3) is 0.483. The Hall–Kier alpha value is -2.64. The molecule has 222 valence electrons. The van der Waals surface area contributed by atoms with Crippen molar-refractivity contribution in [2.75, 3.05) is 26.3 Å². The summed E-state index contributed by atoms with van der Waals surface area (Å²) in [5.74, 6) is 0.483. The lowest BCUT2D eigenvalue weighted by Crippen LogP contribution is -2.46. The van der Waals surface area contributed by atoms with Gasteiger partial charge in [-0.05, 0) is 87.4 Å². The van der Waals surface area contributed by atoms with Gasteiger partial charge in [-0.3, -0.25) is 4.98 Å². The van der Waals surface area contributed by atoms with Gasteiger partial charge in [-0.1, -0.05) is 12.1 Å². The second-order valence-electron chi connectivity index (χ2n) is 10.9. The van der Waals surface area contributed by atoms with Crippen LogP contribution in [0.2, 0.25) is 0 Å². The van der Waals surface area contributed by atoms with Crippen LogP contribution in [-0.4, -0.2) is 74.7 Å². The average Bonchev–Trinajstić information content (AvgIpc) is 3.37. The molecule has 0 saturated carbocycles. The number of halogens is 1. The van der Waals surface area contributed by atoms with Crippen molar-refractivity contribution in [3.8, 4) is 5.75 Å². The summed E-state index contributed by atoms with van der Waals surface area (Å²) in [6.07, 6.45) is 4.12. The molecule has 2 saturated heterocycles. The zero-order valence-electron chi connectivity index (χ0n) is 22.9. The first-order valence-electron chi connectivity index (χ1n) is 13.8. The number of alkyl halides is 1. The molecule has 1 aromatic heterocycles. The number of aromatic nitrogens is 1. The Morgan fingerprint density at radius 2 is 1.88 bits per heavy atom. The number of hydrogen-bond donors (Lipinski definition) is 1. The van der Waals surface area contributed by atoms with E-state index in [0.29, 0.717) is 45.4 Å². The minimum Gasteiger partial charge on any atom is -0.491 e. The highest BCUT2D eigenvalue weighted by molar-refractivity contribution is 7.91. The number of sulfone groups is 1. The van der Waals surface area contributed by atoms with Gasteiger partial charge < -0.3 is 14.6 Å². The Balaban J connectivity index is 1.09. The van der Waals surface area contributed by atoms with Gasteiger partial charge in [0, 0.05) is 24.7 Å². The lowest BCUT2D eigenvalue weighted by molar-refractivity contribution is -0.0314. The topological polar surface area (TPSA) is 123 Å². The van der Waals surface area contributed by atoms with E-state index < -0.39 is 31.5 Å². The fourth-order valence-corrected chi connectivity index (χ4v) is 8.00. The molecule has 3 atom stereocenters. The molecule has 2 aliphatic rings. The van der Waals surface area contributed by atoms with Crippen molar-refractivity contribution in [1.82, 2.24) is 9.29 Å². The van der Waals surface area contributed by atoms with Gasteiger partial charge in [-0.25, -0.2) is 21.2 Å². The Kier molecular flexibility index (Phi) is 8.68. The standard InChI is InChI=1S/C29H35FN2O7S2/c1-21(30)40(34,35)26-6-2-5-25(17-26)38-20-24(33)8-7-22-18-29(39-19-22)11-14-32(15-12-29)41(36,37)27-9-10-28-23(16-27)4-3-13-31-28/h2-6,9-10,13,16-17,21-22,24,33H,7-8,11-12,14-15,18-20H2,1H3/t21?,22-,24+/m1/s1. The van der Waals surface area contributed by atoms with Crippen LogP contribution < -0.4 is 4.74 Å². The summed E-state index contributed by atoms with van der Waals surface area (Å²) in [4.78, 5) is 4.36. The van der Waals surface area contributed by atoms with E-state index in [1.54, 1.807) is 36.5 Å². The van der Waals surface area contributed by atoms with Gasteiger partial charge >= 0.3 is 0 Å². The third kappa shape index (κ3) is 6.56. The van der Waals surface area contributed by atoms with E-state index >= 15 is 0 Å². The summed E-state index contributed by atoms with van der Waals surface area (Å²) < 4.78 is 77.5. The van der Waals surface area contributed by atoms with Crippen molar-refractivity contribution in [3.05, 3.63) is 60.8 Å². The molecule has 1 N–H and O–H groups in total. The van der Waals surface area contributed by atoms with Crippen LogP contribution in [0, 0.1) is 5.92 Å². The highest BCUT2D eigenvalue weighted by Gasteiger charge is 2.44. The van der Waals surface area contributed by atoms with Gasteiger partial charge in [-0.2, -0.15) is 4.31 Å². The van der Waals surface area contributed by atoms with Crippen LogP contribution >= 0.6 is 0 Å². The van der Waals surface area contributed by atoms with Crippen molar-refractivity contribution in [2.45, 2.75) is 66.0 Å². The molecular weight excluding hydrogens is 571 g/mol. The number of pyridine rings is 1. The molecule has 0 aliphatic carbocycles. The molecule has 3 aromatic rings. The second kappa shape index (κ2) is 11.9. The number of piperidine rings is 1. The van der Waals surface area contributed by atoms with E-state index in [-0.39, 0.29) is 33.7 Å². The molecule has 41 heavy (non-hydrogen) atoms. The molecule has 0 bridgehead atoms. The quantitative estimate of drug-likeness (QED) is 0.366. The SMILES string of the molecule is CC(F)S(=O)(=O)c1cccc(OC[C@@H](O)CC[C@H]2COC3(CCN(S(=O)(=O)c4ccc5ncccc5c4)CC3)C2)c1. The largest absolute Gasteiger partial charge is 0.491 e. The number of aliphatic hydroxyl groups is 1. The summed E-state index contributed by atoms with van der Waals surface area (Å²) >= 11 is 0. The maximum Gasteiger partial charge on any atom is 0.243 e. The number of ether oxygens (including phenoxy) is 2. The van der Waals surface area contributed by atoms with Crippen LogP contribution in [0.25, 0.3) is 10.9 Å². The van der Waals surface area contributed by atoms with Crippen molar-refractivity contribution >= 4 is 30.8 Å². The first-order chi connectivity index (χ1) is 19.5. The zero-order valence-corrected chi connectivity index (χ0v) is 24.5. The van der Waals surface area contributed by atoms with Crippen molar-refractivity contribution < 1.29 is 35.8 Å². The maximum absolute atomic E-state index is 13.5. The zero-order chi connectivity index (χ0) is 29.3. The smallest absolute Gasteiger partial charge is 0.243 e. The van der Waals surface area contributed by atoms with Gasteiger partial charge in [0.25, 0.3) is 0 Å². The van der Waals surface area contributed by atoms with E-state index in [0.717, 1.165) is 24.2 Å². The first-order valence-corrected chi connectivity index (χ1v) is 16.7. The predicted octanol–water partition coefficient (Wildman–Crippen LogP) is 4.10. The highest BCUT2D eigenvalue weighted by atomic mass is 32.2. The second-order valence-corrected chi connectivity index (χ2v) is 15.1. The van der Waals surface area contributed by atoms with Crippen molar-refractivity contribution in [2.24, 2.45) is 5.92 Å². The minimum absolute atomic E-state index is 0.0228. The number of sulfonamides is 1. The molecule has 3 heterocycles. The molecule has 0 radical (unpaired) electrons. The highest BCUT2D eigenvalue weighted by Crippen LogP contribution is 2.41. The van der Waals surface area contributed by atoms with E-state index in [1.807, 2.05) is 6.07 Å². The molecule has 1 unspecified atom stereocenters. The summed E-state index contributed by atoms with van der Waals surface area (Å²) in [6.45, 7) is 2.27. The number of nitrogens with zero attached hydrogens (tertiary/aromatic N) is 2. The fourth-order valence-electron chi connectivity index (χ4n) is 5.60. The summed E-state index contributed by atoms with van der Waals surface area (Å²) in [5.41, 5.74) is -1.64. The lowest BCUT2D eigenvalue weighted by Gasteiger charge is -2.38. The van der Waals surface area contributed by atoms with Gasteiger partial charge in [0.05, 0.1) is 33.6 Å². The summed E-state index contributed by atoms with van der Waals surface area (Å²) in [7, 11) is -7.70. The summed E-state index contributed by atoms with van der Waals surface area (Å²) in [5, 5.41) is 11.2. The van der Waals surface area contributed by atoms with Crippen molar-refractivity contribution in [1.29, 1.82) is 0 Å². The Bertz CT molecular complexity index is 1590. The Morgan fingerprint density at radius 3 is 2.63 bits per heavy atom. The molecule has 9 nitrogen and oxygen atoms in total. The molecule has 1 spiro atoms. The van der Waals surface area contributed by atoms with Gasteiger partial charge in [0.1, 0.15) is 12.4 Å².